The summed E-state index contributed by atoms with van der Waals surface area (Å²) in [6.07, 6.45) is 0. The zero-order valence-electron chi connectivity index (χ0n) is 19.1. The maximum Gasteiger partial charge on any atom is 0.329 e. The van der Waals surface area contributed by atoms with E-state index in [9.17, 15) is 22.8 Å². The number of amides is 1. The van der Waals surface area contributed by atoms with Gasteiger partial charge in [0, 0.05) is 24.2 Å². The van der Waals surface area contributed by atoms with Crippen molar-refractivity contribution in [1.29, 1.82) is 0 Å². The molecule has 0 aliphatic carbocycles. The Bertz CT molecular complexity index is 1130. The number of nitrogens with one attached hydrogen (secondary N) is 1. The molecule has 1 atom stereocenters. The fraction of sp³-hybridized carbons (Fsp3) is 0.375. The Kier molecular flexibility index (Phi) is 8.54. The lowest BCUT2D eigenvalue weighted by Crippen LogP contribution is -2.45. The molecule has 9 nitrogen and oxygen atoms in total. The minimum Gasteiger partial charge on any atom is -0.456 e. The number of sulfonamides is 1. The summed E-state index contributed by atoms with van der Waals surface area (Å²) >= 11 is 0. The van der Waals surface area contributed by atoms with Crippen LogP contribution in [-0.4, -0.2) is 69.3 Å². The fourth-order valence-corrected chi connectivity index (χ4v) is 4.84. The second kappa shape index (κ2) is 11.4. The summed E-state index contributed by atoms with van der Waals surface area (Å²) in [5, 5.41) is 2.60. The van der Waals surface area contributed by atoms with Crippen LogP contribution in [0.4, 0.5) is 0 Å². The molecular formula is C24H28N2O7S. The first-order chi connectivity index (χ1) is 16.2. The van der Waals surface area contributed by atoms with Crippen LogP contribution in [0.25, 0.3) is 0 Å². The van der Waals surface area contributed by atoms with E-state index in [0.29, 0.717) is 18.8 Å². The van der Waals surface area contributed by atoms with Gasteiger partial charge in [-0.25, -0.2) is 13.2 Å². The van der Waals surface area contributed by atoms with E-state index in [1.165, 1.54) is 28.6 Å². The molecule has 2 aromatic carbocycles. The number of rotatable bonds is 9. The van der Waals surface area contributed by atoms with Crippen molar-refractivity contribution < 1.29 is 32.3 Å². The highest BCUT2D eigenvalue weighted by molar-refractivity contribution is 7.89. The van der Waals surface area contributed by atoms with E-state index in [1.54, 1.807) is 44.2 Å². The number of Topliss-reactive ketones (excluding diaryl/α,β-unsaturated/α-hetero) is 1. The summed E-state index contributed by atoms with van der Waals surface area (Å²) < 4.78 is 37.5. The molecule has 0 bridgehead atoms. The Balaban J connectivity index is 1.68. The third-order valence-corrected chi connectivity index (χ3v) is 7.25. The van der Waals surface area contributed by atoms with Crippen LogP contribution in [-0.2, 0) is 24.3 Å². The van der Waals surface area contributed by atoms with Crippen LogP contribution in [0, 0.1) is 5.92 Å². The summed E-state index contributed by atoms with van der Waals surface area (Å²) in [4.78, 5) is 37.7. The molecule has 1 saturated heterocycles. The van der Waals surface area contributed by atoms with Crippen LogP contribution in [0.15, 0.2) is 59.5 Å². The van der Waals surface area contributed by atoms with Gasteiger partial charge in [-0.3, -0.25) is 9.59 Å². The number of carbonyl (C=O) groups excluding carboxylic acids is 3. The average molecular weight is 489 g/mol. The third-order valence-electron chi connectivity index (χ3n) is 5.35. The molecule has 1 unspecified atom stereocenters. The summed E-state index contributed by atoms with van der Waals surface area (Å²) in [6.45, 7) is 4.10. The molecule has 1 fully saturated rings. The molecule has 1 heterocycles. The Morgan fingerprint density at radius 1 is 1.00 bits per heavy atom. The number of hydrogen-bond acceptors (Lipinski definition) is 7. The van der Waals surface area contributed by atoms with E-state index in [4.69, 9.17) is 9.47 Å². The molecule has 10 heteroatoms. The summed E-state index contributed by atoms with van der Waals surface area (Å²) in [7, 11) is -3.78. The minimum atomic E-state index is -3.78. The lowest BCUT2D eigenvalue weighted by molar-refractivity contribution is -0.145. The van der Waals surface area contributed by atoms with Gasteiger partial charge < -0.3 is 14.8 Å². The van der Waals surface area contributed by atoms with Crippen molar-refractivity contribution in [2.75, 3.05) is 32.9 Å². The van der Waals surface area contributed by atoms with Crippen LogP contribution in [0.2, 0.25) is 0 Å². The van der Waals surface area contributed by atoms with Crippen molar-refractivity contribution in [2.45, 2.75) is 24.8 Å². The monoisotopic (exact) mass is 488 g/mol. The lowest BCUT2D eigenvalue weighted by atomic mass is 10.0. The first kappa shape index (κ1) is 25.5. The van der Waals surface area contributed by atoms with E-state index in [-0.39, 0.29) is 35.2 Å². The molecular weight excluding hydrogens is 460 g/mol. The highest BCUT2D eigenvalue weighted by atomic mass is 32.2. The lowest BCUT2D eigenvalue weighted by Gasteiger charge is -2.26. The SMILES string of the molecule is CC(C)C(NC(=O)c1cccc(S(=O)(=O)N2CCOCC2)c1)C(=O)OCC(=O)c1ccccc1. The van der Waals surface area contributed by atoms with Crippen LogP contribution >= 0.6 is 0 Å². The molecule has 0 saturated carbocycles. The number of ether oxygens (including phenoxy) is 2. The van der Waals surface area contributed by atoms with Crippen molar-refractivity contribution in [3.05, 3.63) is 65.7 Å². The van der Waals surface area contributed by atoms with Gasteiger partial charge in [0.25, 0.3) is 5.91 Å². The highest BCUT2D eigenvalue weighted by Gasteiger charge is 2.29. The number of benzene rings is 2. The molecule has 1 aliphatic rings. The van der Waals surface area contributed by atoms with Crippen LogP contribution in [0.1, 0.15) is 34.6 Å². The second-order valence-corrected chi connectivity index (χ2v) is 10.1. The van der Waals surface area contributed by atoms with E-state index < -0.39 is 34.5 Å². The van der Waals surface area contributed by atoms with Crippen molar-refractivity contribution in [3.8, 4) is 0 Å². The number of hydrogen-bond donors (Lipinski definition) is 1. The molecule has 0 aromatic heterocycles. The topological polar surface area (TPSA) is 119 Å². The Labute approximate surface area is 199 Å². The molecule has 1 amide bonds. The third kappa shape index (κ3) is 6.28. The van der Waals surface area contributed by atoms with E-state index >= 15 is 0 Å². The van der Waals surface area contributed by atoms with Crippen molar-refractivity contribution in [2.24, 2.45) is 5.92 Å². The Morgan fingerprint density at radius 2 is 1.65 bits per heavy atom. The maximum atomic E-state index is 12.9. The quantitative estimate of drug-likeness (QED) is 0.423. The standard InChI is InChI=1S/C24H28N2O7S/c1-17(2)22(24(29)33-16-21(27)18-7-4-3-5-8-18)25-23(28)19-9-6-10-20(15-19)34(30,31)26-11-13-32-14-12-26/h3-10,15,17,22H,11-14,16H2,1-2H3,(H,25,28). The van der Waals surface area contributed by atoms with E-state index in [0.717, 1.165) is 0 Å². The number of esters is 1. The van der Waals surface area contributed by atoms with Gasteiger partial charge in [0.2, 0.25) is 10.0 Å². The number of nitrogens with zero attached hydrogens (tertiary/aromatic N) is 1. The molecule has 1 aliphatic heterocycles. The molecule has 0 spiro atoms. The van der Waals surface area contributed by atoms with Gasteiger partial charge in [0.15, 0.2) is 12.4 Å². The van der Waals surface area contributed by atoms with Crippen molar-refractivity contribution in [1.82, 2.24) is 9.62 Å². The van der Waals surface area contributed by atoms with Gasteiger partial charge in [-0.15, -0.1) is 0 Å². The normalized spacial score (nSPS) is 15.5. The molecule has 2 aromatic rings. The largest absolute Gasteiger partial charge is 0.456 e. The first-order valence-corrected chi connectivity index (χ1v) is 12.4. The molecule has 34 heavy (non-hydrogen) atoms. The van der Waals surface area contributed by atoms with Gasteiger partial charge in [-0.05, 0) is 24.1 Å². The first-order valence-electron chi connectivity index (χ1n) is 10.9. The number of carbonyl (C=O) groups is 3. The molecule has 1 N–H and O–H groups in total. The predicted molar refractivity (Wildman–Crippen MR) is 124 cm³/mol. The zero-order chi connectivity index (χ0) is 24.7. The summed E-state index contributed by atoms with van der Waals surface area (Å²) in [6, 6.07) is 13.1. The van der Waals surface area contributed by atoms with Crippen LogP contribution in [0.5, 0.6) is 0 Å². The van der Waals surface area contributed by atoms with Gasteiger partial charge in [-0.2, -0.15) is 4.31 Å². The van der Waals surface area contributed by atoms with Crippen LogP contribution < -0.4 is 5.32 Å². The van der Waals surface area contributed by atoms with E-state index in [2.05, 4.69) is 5.32 Å². The number of ketones is 1. The zero-order valence-corrected chi connectivity index (χ0v) is 19.9. The van der Waals surface area contributed by atoms with Gasteiger partial charge in [0.1, 0.15) is 6.04 Å². The van der Waals surface area contributed by atoms with Crippen molar-refractivity contribution >= 4 is 27.7 Å². The van der Waals surface area contributed by atoms with Gasteiger partial charge in [-0.1, -0.05) is 50.2 Å². The van der Waals surface area contributed by atoms with Gasteiger partial charge >= 0.3 is 5.97 Å². The predicted octanol–water partition coefficient (Wildman–Crippen LogP) is 1.89. The summed E-state index contributed by atoms with van der Waals surface area (Å²) in [5.74, 6) is -2.05. The number of morpholine rings is 1. The summed E-state index contributed by atoms with van der Waals surface area (Å²) in [5.41, 5.74) is 0.506. The molecule has 3 rings (SSSR count). The van der Waals surface area contributed by atoms with E-state index in [1.807, 2.05) is 0 Å². The second-order valence-electron chi connectivity index (χ2n) is 8.14. The minimum absolute atomic E-state index is 0.0146. The van der Waals surface area contributed by atoms with Gasteiger partial charge in [0.05, 0.1) is 18.1 Å². The maximum absolute atomic E-state index is 12.9. The van der Waals surface area contributed by atoms with Crippen LogP contribution in [0.3, 0.4) is 0 Å². The Hall–Kier alpha value is -3.08. The highest BCUT2D eigenvalue weighted by Crippen LogP contribution is 2.19. The molecule has 0 radical (unpaired) electrons. The van der Waals surface area contributed by atoms with Crippen molar-refractivity contribution in [3.63, 3.8) is 0 Å². The Morgan fingerprint density at radius 3 is 2.29 bits per heavy atom. The molecule has 182 valence electrons. The fourth-order valence-electron chi connectivity index (χ4n) is 3.39. The smallest absolute Gasteiger partial charge is 0.329 e. The average Bonchev–Trinajstić information content (AvgIpc) is 2.86.